The summed E-state index contributed by atoms with van der Waals surface area (Å²) in [5.41, 5.74) is 13.5. The van der Waals surface area contributed by atoms with Crippen molar-refractivity contribution in [2.75, 3.05) is 0 Å². The lowest BCUT2D eigenvalue weighted by Gasteiger charge is -2.13. The lowest BCUT2D eigenvalue weighted by atomic mass is 9.93. The van der Waals surface area contributed by atoms with Gasteiger partial charge < -0.3 is 4.57 Å². The van der Waals surface area contributed by atoms with Gasteiger partial charge in [-0.15, -0.1) is 11.3 Å². The van der Waals surface area contributed by atoms with Gasteiger partial charge in [-0.25, -0.2) is 9.97 Å². The summed E-state index contributed by atoms with van der Waals surface area (Å²) >= 11 is 1.72. The molecule has 0 spiro atoms. The zero-order valence-corrected chi connectivity index (χ0v) is 31.0. The van der Waals surface area contributed by atoms with Gasteiger partial charge in [0.25, 0.3) is 0 Å². The molecule has 0 radical (unpaired) electrons. The summed E-state index contributed by atoms with van der Waals surface area (Å²) in [4.78, 5) is 11.9. The summed E-state index contributed by atoms with van der Waals surface area (Å²) in [6.07, 6.45) is 0. The highest BCUT2D eigenvalue weighted by Crippen LogP contribution is 2.42. The summed E-state index contributed by atoms with van der Waals surface area (Å²) < 4.78 is 3.56. The molecule has 0 saturated heterocycles. The Kier molecular flexibility index (Phi) is 6.80. The van der Waals surface area contributed by atoms with Crippen molar-refractivity contribution in [1.82, 2.24) is 14.5 Å². The van der Waals surface area contributed by atoms with Crippen LogP contribution in [0.15, 0.2) is 188 Å². The summed E-state index contributed by atoms with van der Waals surface area (Å²) in [5.74, 6) is 0. The molecular formula is C52H31N3S. The average molecular weight is 730 g/mol. The number of benzene rings is 9. The first-order valence-corrected chi connectivity index (χ1v) is 19.8. The van der Waals surface area contributed by atoms with E-state index in [0.29, 0.717) is 0 Å². The van der Waals surface area contributed by atoms with Gasteiger partial charge in [-0.05, 0) is 92.7 Å². The van der Waals surface area contributed by atoms with Crippen LogP contribution in [0, 0.1) is 0 Å². The highest BCUT2D eigenvalue weighted by Gasteiger charge is 2.18. The lowest BCUT2D eigenvalue weighted by molar-refractivity contribution is 1.18. The second kappa shape index (κ2) is 12.2. The molecule has 0 saturated carbocycles. The van der Waals surface area contributed by atoms with Crippen molar-refractivity contribution in [1.29, 1.82) is 0 Å². The standard InChI is InChI=1S/C52H31N3S/c1-3-12-32(13-4-1)35-22-25-41-43(29-35)44-30-36(33-14-5-2-6-15-33)23-26-42(44)50-49(41)53-51-45-31-37(24-27-48(45)56-52(51)54-50)34-16-11-17-38(28-34)55-46-20-9-7-18-39(46)40-19-8-10-21-47(40)55/h1-31H. The van der Waals surface area contributed by atoms with E-state index in [1.165, 1.54) is 65.1 Å². The number of fused-ring (bicyclic) bond motifs is 12. The first-order chi connectivity index (χ1) is 27.7. The Morgan fingerprint density at radius 1 is 0.321 bits per heavy atom. The Labute approximate surface area is 326 Å². The quantitative estimate of drug-likeness (QED) is 0.169. The first kappa shape index (κ1) is 31.2. The zero-order valence-electron chi connectivity index (χ0n) is 30.1. The molecule has 0 unspecified atom stereocenters. The third-order valence-corrected chi connectivity index (χ3v) is 12.4. The molecule has 0 aliphatic carbocycles. The molecule has 12 aromatic rings. The maximum absolute atomic E-state index is 5.53. The van der Waals surface area contributed by atoms with Gasteiger partial charge in [0.1, 0.15) is 10.3 Å². The Morgan fingerprint density at radius 3 is 1.46 bits per heavy atom. The van der Waals surface area contributed by atoms with Crippen LogP contribution in [0.2, 0.25) is 0 Å². The third kappa shape index (κ3) is 4.76. The minimum Gasteiger partial charge on any atom is -0.309 e. The van der Waals surface area contributed by atoms with E-state index in [-0.39, 0.29) is 0 Å². The molecule has 0 bridgehead atoms. The second-order valence-corrected chi connectivity index (χ2v) is 15.6. The predicted molar refractivity (Wildman–Crippen MR) is 238 cm³/mol. The van der Waals surface area contributed by atoms with Gasteiger partial charge in [0.15, 0.2) is 0 Å². The molecule has 3 aromatic heterocycles. The molecule has 12 rings (SSSR count). The van der Waals surface area contributed by atoms with E-state index in [2.05, 4.69) is 193 Å². The number of rotatable bonds is 4. The topological polar surface area (TPSA) is 30.7 Å². The van der Waals surface area contributed by atoms with Gasteiger partial charge >= 0.3 is 0 Å². The van der Waals surface area contributed by atoms with Crippen LogP contribution >= 0.6 is 11.3 Å². The fourth-order valence-electron chi connectivity index (χ4n) is 8.72. The molecule has 3 heterocycles. The van der Waals surface area contributed by atoms with Crippen molar-refractivity contribution in [2.45, 2.75) is 0 Å². The minimum atomic E-state index is 0.936. The van der Waals surface area contributed by atoms with Crippen molar-refractivity contribution < 1.29 is 0 Å². The summed E-state index contributed by atoms with van der Waals surface area (Å²) in [6.45, 7) is 0. The van der Waals surface area contributed by atoms with E-state index in [1.807, 2.05) is 0 Å². The number of para-hydroxylation sites is 2. The van der Waals surface area contributed by atoms with Crippen molar-refractivity contribution in [3.8, 4) is 39.1 Å². The van der Waals surface area contributed by atoms with E-state index >= 15 is 0 Å². The second-order valence-electron chi connectivity index (χ2n) is 14.6. The van der Waals surface area contributed by atoms with Gasteiger partial charge in [0, 0.05) is 37.3 Å². The van der Waals surface area contributed by atoms with E-state index < -0.39 is 0 Å². The van der Waals surface area contributed by atoms with Gasteiger partial charge in [-0.1, -0.05) is 140 Å². The highest BCUT2D eigenvalue weighted by atomic mass is 32.1. The molecule has 0 atom stereocenters. The van der Waals surface area contributed by atoms with Crippen molar-refractivity contribution in [2.24, 2.45) is 0 Å². The van der Waals surface area contributed by atoms with E-state index in [4.69, 9.17) is 9.97 Å². The van der Waals surface area contributed by atoms with Crippen LogP contribution in [-0.4, -0.2) is 14.5 Å². The molecule has 4 heteroatoms. The van der Waals surface area contributed by atoms with Crippen LogP contribution in [0.25, 0.3) is 114 Å². The van der Waals surface area contributed by atoms with Crippen LogP contribution in [0.1, 0.15) is 0 Å². The molecule has 0 aliphatic heterocycles. The highest BCUT2D eigenvalue weighted by molar-refractivity contribution is 7.25. The normalized spacial score (nSPS) is 11.9. The fourth-order valence-corrected chi connectivity index (χ4v) is 9.72. The van der Waals surface area contributed by atoms with Crippen molar-refractivity contribution in [3.63, 3.8) is 0 Å². The molecule has 9 aromatic carbocycles. The first-order valence-electron chi connectivity index (χ1n) is 19.0. The maximum atomic E-state index is 5.53. The van der Waals surface area contributed by atoms with Gasteiger partial charge in [-0.3, -0.25) is 0 Å². The van der Waals surface area contributed by atoms with Crippen molar-refractivity contribution >= 4 is 86.2 Å². The van der Waals surface area contributed by atoms with Crippen LogP contribution in [-0.2, 0) is 0 Å². The molecular weight excluding hydrogens is 699 g/mol. The zero-order chi connectivity index (χ0) is 36.7. The summed E-state index contributed by atoms with van der Waals surface area (Å²) in [6, 6.07) is 67.9. The van der Waals surface area contributed by atoms with Crippen molar-refractivity contribution in [3.05, 3.63) is 188 Å². The Hall–Kier alpha value is -7.14. The minimum absolute atomic E-state index is 0.936. The molecule has 0 aliphatic rings. The third-order valence-electron chi connectivity index (χ3n) is 11.4. The largest absolute Gasteiger partial charge is 0.309 e. The lowest BCUT2D eigenvalue weighted by Crippen LogP contribution is -1.94. The van der Waals surface area contributed by atoms with Crippen LogP contribution in [0.4, 0.5) is 0 Å². The van der Waals surface area contributed by atoms with Crippen LogP contribution in [0.3, 0.4) is 0 Å². The molecule has 0 N–H and O–H groups in total. The van der Waals surface area contributed by atoms with Crippen LogP contribution < -0.4 is 0 Å². The number of aromatic nitrogens is 3. The summed E-state index contributed by atoms with van der Waals surface area (Å²) in [5, 5.41) is 8.26. The van der Waals surface area contributed by atoms with Gasteiger partial charge in [0.2, 0.25) is 0 Å². The van der Waals surface area contributed by atoms with E-state index in [0.717, 1.165) is 48.8 Å². The smallest absolute Gasteiger partial charge is 0.143 e. The predicted octanol–water partition coefficient (Wildman–Crippen LogP) is 14.4. The number of thiophene rings is 1. The number of hydrogen-bond donors (Lipinski definition) is 0. The van der Waals surface area contributed by atoms with Gasteiger partial charge in [0.05, 0.1) is 22.1 Å². The SMILES string of the molecule is c1ccc(-c2ccc3c(c2)c2cc(-c4ccccc4)ccc2c2nc4c(nc32)sc2ccc(-c3cccc(-n5c6ccccc6c6ccccc65)c3)cc24)cc1. The Morgan fingerprint density at radius 2 is 0.821 bits per heavy atom. The van der Waals surface area contributed by atoms with E-state index in [1.54, 1.807) is 11.3 Å². The molecule has 0 fully saturated rings. The maximum Gasteiger partial charge on any atom is 0.143 e. The average Bonchev–Trinajstić information content (AvgIpc) is 3.81. The van der Waals surface area contributed by atoms with Crippen LogP contribution in [0.5, 0.6) is 0 Å². The number of hydrogen-bond acceptors (Lipinski definition) is 3. The molecule has 260 valence electrons. The molecule has 56 heavy (non-hydrogen) atoms. The summed E-state index contributed by atoms with van der Waals surface area (Å²) in [7, 11) is 0. The molecule has 0 amide bonds. The Balaban J connectivity index is 1.06. The van der Waals surface area contributed by atoms with E-state index in [9.17, 15) is 0 Å². The monoisotopic (exact) mass is 729 g/mol. The van der Waals surface area contributed by atoms with Gasteiger partial charge in [-0.2, -0.15) is 0 Å². The number of nitrogens with zero attached hydrogens (tertiary/aromatic N) is 3. The fraction of sp³-hybridized carbons (Fsp3) is 0. The Bertz CT molecular complexity index is 3470. The molecule has 3 nitrogen and oxygen atoms in total.